The Morgan fingerprint density at radius 3 is 2.82 bits per heavy atom. The lowest BCUT2D eigenvalue weighted by molar-refractivity contribution is 0.0779. The van der Waals surface area contributed by atoms with Crippen molar-refractivity contribution in [3.63, 3.8) is 0 Å². The van der Waals surface area contributed by atoms with E-state index in [1.165, 1.54) is 0 Å². The Balaban J connectivity index is 2.40. The van der Waals surface area contributed by atoms with Crippen molar-refractivity contribution in [1.82, 2.24) is 5.43 Å². The van der Waals surface area contributed by atoms with Gasteiger partial charge in [0.15, 0.2) is 0 Å². The molecule has 1 heterocycles. The first-order chi connectivity index (χ1) is 10.6. The lowest BCUT2D eigenvalue weighted by Crippen LogP contribution is -2.28. The fourth-order valence-electron chi connectivity index (χ4n) is 2.33. The molecule has 0 saturated carbocycles. The highest BCUT2D eigenvalue weighted by Gasteiger charge is 2.30. The predicted molar refractivity (Wildman–Crippen MR) is 85.9 cm³/mol. The summed E-state index contributed by atoms with van der Waals surface area (Å²) < 4.78 is 10.3. The number of benzene rings is 1. The van der Waals surface area contributed by atoms with Crippen molar-refractivity contribution < 1.29 is 14.3 Å². The summed E-state index contributed by atoms with van der Waals surface area (Å²) in [5.74, 6) is 0.238. The zero-order chi connectivity index (χ0) is 16.1. The van der Waals surface area contributed by atoms with E-state index >= 15 is 0 Å². The predicted octanol–water partition coefficient (Wildman–Crippen LogP) is 4.20. The van der Waals surface area contributed by atoms with Crippen LogP contribution in [0.1, 0.15) is 38.7 Å². The van der Waals surface area contributed by atoms with Gasteiger partial charge in [-0.25, -0.2) is 4.79 Å². The van der Waals surface area contributed by atoms with Crippen molar-refractivity contribution in [2.45, 2.75) is 33.1 Å². The molecule has 0 fully saturated rings. The topological polar surface area (TPSA) is 59.9 Å². The number of carbonyl (C=O) groups excluding carboxylic acids is 1. The van der Waals surface area contributed by atoms with Gasteiger partial charge in [0.2, 0.25) is 0 Å². The third-order valence-corrected chi connectivity index (χ3v) is 3.57. The minimum Gasteiger partial charge on any atom is -0.434 e. The Morgan fingerprint density at radius 2 is 2.18 bits per heavy atom. The summed E-state index contributed by atoms with van der Waals surface area (Å²) in [6.07, 6.45) is -0.00399. The molecule has 0 radical (unpaired) electrons. The van der Waals surface area contributed by atoms with Gasteiger partial charge in [-0.3, -0.25) is 5.43 Å². The summed E-state index contributed by atoms with van der Waals surface area (Å²) >= 11 is 6.09. The molecule has 22 heavy (non-hydrogen) atoms. The maximum absolute atomic E-state index is 11.7. The highest BCUT2D eigenvalue weighted by Crippen LogP contribution is 2.33. The zero-order valence-electron chi connectivity index (χ0n) is 12.9. The number of rotatable bonds is 4. The van der Waals surface area contributed by atoms with E-state index in [0.717, 1.165) is 11.3 Å². The Hall–Kier alpha value is -2.01. The zero-order valence-corrected chi connectivity index (χ0v) is 13.6. The molecular formula is C16H19ClN2O3. The van der Waals surface area contributed by atoms with Crippen LogP contribution in [0.5, 0.6) is 0 Å². The van der Waals surface area contributed by atoms with Crippen molar-refractivity contribution in [3.8, 4) is 0 Å². The van der Waals surface area contributed by atoms with Crippen LogP contribution in [0.4, 0.5) is 4.79 Å². The van der Waals surface area contributed by atoms with E-state index in [4.69, 9.17) is 21.1 Å². The van der Waals surface area contributed by atoms with Gasteiger partial charge in [-0.1, -0.05) is 30.7 Å². The van der Waals surface area contributed by atoms with Gasteiger partial charge in [-0.2, -0.15) is 5.10 Å². The highest BCUT2D eigenvalue weighted by atomic mass is 35.5. The van der Waals surface area contributed by atoms with Gasteiger partial charge in [0.1, 0.15) is 5.76 Å². The number of carbonyl (C=O) groups is 1. The van der Waals surface area contributed by atoms with Crippen LogP contribution in [-0.4, -0.2) is 18.5 Å². The van der Waals surface area contributed by atoms with E-state index in [-0.39, 0.29) is 12.5 Å². The fourth-order valence-corrected chi connectivity index (χ4v) is 2.53. The largest absolute Gasteiger partial charge is 0.513 e. The molecule has 0 aromatic heterocycles. The normalized spacial score (nSPS) is 17.6. The van der Waals surface area contributed by atoms with E-state index < -0.39 is 6.16 Å². The molecule has 1 aliphatic heterocycles. The second-order valence-corrected chi connectivity index (χ2v) is 5.27. The van der Waals surface area contributed by atoms with E-state index in [1.807, 2.05) is 32.0 Å². The molecule has 0 saturated heterocycles. The summed E-state index contributed by atoms with van der Waals surface area (Å²) in [5, 5.41) is 4.98. The first-order valence-corrected chi connectivity index (χ1v) is 7.57. The average Bonchev–Trinajstić information content (AvgIpc) is 2.49. The fraction of sp³-hybridized carbons (Fsp3) is 0.375. The first-order valence-electron chi connectivity index (χ1n) is 7.20. The number of nitrogens with zero attached hydrogens (tertiary/aromatic N) is 1. The molecule has 6 heteroatoms. The molecule has 1 aliphatic rings. The summed E-state index contributed by atoms with van der Waals surface area (Å²) in [5.41, 5.74) is 5.36. The molecular weight excluding hydrogens is 304 g/mol. The maximum atomic E-state index is 11.7. The highest BCUT2D eigenvalue weighted by molar-refractivity contribution is 6.30. The van der Waals surface area contributed by atoms with Gasteiger partial charge in [0.05, 0.1) is 23.9 Å². The molecule has 2 rings (SSSR count). The lowest BCUT2D eigenvalue weighted by atomic mass is 9.89. The minimum absolute atomic E-state index is 0.255. The first kappa shape index (κ1) is 16.4. The van der Waals surface area contributed by atoms with Crippen LogP contribution in [-0.2, 0) is 9.47 Å². The van der Waals surface area contributed by atoms with Crippen LogP contribution in [0, 0.1) is 0 Å². The third-order valence-electron chi connectivity index (χ3n) is 3.33. The minimum atomic E-state index is -0.719. The number of nitrogens with one attached hydrogen (secondary N) is 1. The van der Waals surface area contributed by atoms with E-state index in [0.29, 0.717) is 22.9 Å². The van der Waals surface area contributed by atoms with Crippen molar-refractivity contribution in [3.05, 3.63) is 46.3 Å². The van der Waals surface area contributed by atoms with Gasteiger partial charge in [0.25, 0.3) is 0 Å². The van der Waals surface area contributed by atoms with E-state index in [9.17, 15) is 4.79 Å². The summed E-state index contributed by atoms with van der Waals surface area (Å²) in [6, 6.07) is 7.46. The standard InChI is InChI=1S/C16H19ClN2O3/c1-4-13-14(11-7-6-8-12(17)9-11)15(10(3)18-19-13)22-16(20)21-5-2/h6-9,14,18H,4-5H2,1-3H3. The Morgan fingerprint density at radius 1 is 1.41 bits per heavy atom. The molecule has 0 bridgehead atoms. The van der Waals surface area contributed by atoms with Gasteiger partial charge >= 0.3 is 6.16 Å². The molecule has 5 nitrogen and oxygen atoms in total. The second-order valence-electron chi connectivity index (χ2n) is 4.83. The average molecular weight is 323 g/mol. The van der Waals surface area contributed by atoms with Gasteiger partial charge in [-0.15, -0.1) is 0 Å². The van der Waals surface area contributed by atoms with Gasteiger partial charge in [-0.05, 0) is 38.0 Å². The Bertz CT molecular complexity index is 626. The molecule has 0 spiro atoms. The molecule has 1 atom stereocenters. The third kappa shape index (κ3) is 3.60. The van der Waals surface area contributed by atoms with Crippen LogP contribution in [0.3, 0.4) is 0 Å². The van der Waals surface area contributed by atoms with Crippen molar-refractivity contribution in [1.29, 1.82) is 0 Å². The molecule has 1 unspecified atom stereocenters. The van der Waals surface area contributed by atoms with Crippen LogP contribution in [0.25, 0.3) is 0 Å². The number of hydrogen-bond donors (Lipinski definition) is 1. The molecule has 1 aromatic carbocycles. The second kappa shape index (κ2) is 7.31. The lowest BCUT2D eigenvalue weighted by Gasteiger charge is -2.27. The van der Waals surface area contributed by atoms with Crippen molar-refractivity contribution in [2.75, 3.05) is 6.61 Å². The molecule has 0 amide bonds. The van der Waals surface area contributed by atoms with Crippen molar-refractivity contribution >= 4 is 23.5 Å². The maximum Gasteiger partial charge on any atom is 0.513 e. The molecule has 118 valence electrons. The van der Waals surface area contributed by atoms with Crippen LogP contribution in [0.2, 0.25) is 5.02 Å². The smallest absolute Gasteiger partial charge is 0.434 e. The molecule has 1 N–H and O–H groups in total. The number of hydrogen-bond acceptors (Lipinski definition) is 5. The SMILES string of the molecule is CCOC(=O)OC1=C(C)NN=C(CC)C1c1cccc(Cl)c1. The molecule has 1 aromatic rings. The van der Waals surface area contributed by atoms with Crippen LogP contribution < -0.4 is 5.43 Å². The van der Waals surface area contributed by atoms with Gasteiger partial charge in [0, 0.05) is 5.02 Å². The van der Waals surface area contributed by atoms with Crippen LogP contribution >= 0.6 is 11.6 Å². The number of hydrazone groups is 1. The van der Waals surface area contributed by atoms with E-state index in [1.54, 1.807) is 13.0 Å². The Labute approximate surface area is 134 Å². The van der Waals surface area contributed by atoms with Gasteiger partial charge < -0.3 is 9.47 Å². The Kier molecular flexibility index (Phi) is 5.44. The van der Waals surface area contributed by atoms with Crippen molar-refractivity contribution in [2.24, 2.45) is 5.10 Å². The van der Waals surface area contributed by atoms with Crippen LogP contribution in [0.15, 0.2) is 40.8 Å². The summed E-state index contributed by atoms with van der Waals surface area (Å²) in [6.45, 7) is 5.80. The quantitative estimate of drug-likeness (QED) is 0.844. The summed E-state index contributed by atoms with van der Waals surface area (Å²) in [7, 11) is 0. The summed E-state index contributed by atoms with van der Waals surface area (Å²) in [4.78, 5) is 11.7. The molecule has 0 aliphatic carbocycles. The number of ether oxygens (including phenoxy) is 2. The monoisotopic (exact) mass is 322 g/mol. The number of allylic oxidation sites excluding steroid dienone is 2. The number of halogens is 1. The van der Waals surface area contributed by atoms with E-state index in [2.05, 4.69) is 10.5 Å².